The van der Waals surface area contributed by atoms with Gasteiger partial charge in [0.25, 0.3) is 0 Å². The Bertz CT molecular complexity index is 246. The van der Waals surface area contributed by atoms with Crippen molar-refractivity contribution < 1.29 is 9.90 Å². The van der Waals surface area contributed by atoms with Crippen LogP contribution >= 0.6 is 0 Å². The number of nitrogens with one attached hydrogen (secondary N) is 1. The van der Waals surface area contributed by atoms with Gasteiger partial charge in [0.1, 0.15) is 5.54 Å². The standard InChI is InChI=1S/C13H29N3O2/c1-13(14-2,12(17)18)8-6-10-16(5)11-7-9-15(3)4/h14H,6-11H2,1-5H3,(H,17,18). The summed E-state index contributed by atoms with van der Waals surface area (Å²) in [4.78, 5) is 15.5. The van der Waals surface area contributed by atoms with E-state index in [1.54, 1.807) is 14.0 Å². The van der Waals surface area contributed by atoms with E-state index in [2.05, 4.69) is 36.3 Å². The van der Waals surface area contributed by atoms with Crippen LogP contribution in [0.15, 0.2) is 0 Å². The number of aliphatic carboxylic acids is 1. The highest BCUT2D eigenvalue weighted by molar-refractivity contribution is 5.78. The molecule has 108 valence electrons. The summed E-state index contributed by atoms with van der Waals surface area (Å²) in [6, 6.07) is 0. The number of likely N-dealkylation sites (N-methyl/N-ethyl adjacent to an activating group) is 1. The lowest BCUT2D eigenvalue weighted by Gasteiger charge is -2.25. The molecule has 0 aliphatic heterocycles. The lowest BCUT2D eigenvalue weighted by atomic mass is 9.96. The zero-order valence-corrected chi connectivity index (χ0v) is 12.5. The SMILES string of the molecule is CNC(C)(CCCN(C)CCCN(C)C)C(=O)O. The van der Waals surface area contributed by atoms with E-state index in [1.807, 2.05) is 0 Å². The van der Waals surface area contributed by atoms with Crippen molar-refractivity contribution in [2.45, 2.75) is 31.7 Å². The maximum absolute atomic E-state index is 11.1. The van der Waals surface area contributed by atoms with E-state index in [-0.39, 0.29) is 0 Å². The fourth-order valence-electron chi connectivity index (χ4n) is 1.81. The topological polar surface area (TPSA) is 55.8 Å². The first-order chi connectivity index (χ1) is 8.31. The van der Waals surface area contributed by atoms with Gasteiger partial charge in [-0.15, -0.1) is 0 Å². The van der Waals surface area contributed by atoms with Gasteiger partial charge in [-0.1, -0.05) is 0 Å². The van der Waals surface area contributed by atoms with Crippen LogP contribution in [0.1, 0.15) is 26.2 Å². The third-order valence-corrected chi connectivity index (χ3v) is 3.39. The molecule has 0 aromatic heterocycles. The molecule has 0 aromatic rings. The van der Waals surface area contributed by atoms with E-state index in [4.69, 9.17) is 5.11 Å². The number of hydrogen-bond acceptors (Lipinski definition) is 4. The molecule has 1 atom stereocenters. The van der Waals surface area contributed by atoms with Crippen molar-refractivity contribution in [1.29, 1.82) is 0 Å². The highest BCUT2D eigenvalue weighted by atomic mass is 16.4. The summed E-state index contributed by atoms with van der Waals surface area (Å²) >= 11 is 0. The van der Waals surface area contributed by atoms with Crippen LogP contribution in [0.4, 0.5) is 0 Å². The highest BCUT2D eigenvalue weighted by Crippen LogP contribution is 2.12. The minimum atomic E-state index is -0.801. The second-order valence-corrected chi connectivity index (χ2v) is 5.45. The lowest BCUT2D eigenvalue weighted by molar-refractivity contribution is -0.144. The number of carbonyl (C=O) groups is 1. The third kappa shape index (κ3) is 6.93. The van der Waals surface area contributed by atoms with Crippen molar-refractivity contribution in [3.8, 4) is 0 Å². The number of carboxylic acids is 1. The molecule has 5 heteroatoms. The Morgan fingerprint density at radius 3 is 2.17 bits per heavy atom. The number of hydrogen-bond donors (Lipinski definition) is 2. The molecule has 0 aromatic carbocycles. The Morgan fingerprint density at radius 2 is 1.72 bits per heavy atom. The fraction of sp³-hybridized carbons (Fsp3) is 0.923. The van der Waals surface area contributed by atoms with E-state index in [9.17, 15) is 4.79 Å². The van der Waals surface area contributed by atoms with Gasteiger partial charge in [-0.05, 0) is 74.0 Å². The number of carboxylic acid groups (broad SMARTS) is 1. The van der Waals surface area contributed by atoms with Gasteiger partial charge in [-0.25, -0.2) is 0 Å². The third-order valence-electron chi connectivity index (χ3n) is 3.39. The minimum Gasteiger partial charge on any atom is -0.480 e. The predicted octanol–water partition coefficient (Wildman–Crippen LogP) is 0.713. The second kappa shape index (κ2) is 8.45. The maximum Gasteiger partial charge on any atom is 0.323 e. The van der Waals surface area contributed by atoms with Crippen LogP contribution in [0.2, 0.25) is 0 Å². The first-order valence-corrected chi connectivity index (χ1v) is 6.57. The van der Waals surface area contributed by atoms with Gasteiger partial charge in [0, 0.05) is 0 Å². The van der Waals surface area contributed by atoms with Crippen molar-refractivity contribution in [2.24, 2.45) is 0 Å². The number of nitrogens with zero attached hydrogens (tertiary/aromatic N) is 2. The molecule has 0 heterocycles. The van der Waals surface area contributed by atoms with Crippen LogP contribution in [-0.2, 0) is 4.79 Å². The minimum absolute atomic E-state index is 0.650. The summed E-state index contributed by atoms with van der Waals surface area (Å²) < 4.78 is 0. The molecule has 18 heavy (non-hydrogen) atoms. The van der Waals surface area contributed by atoms with Gasteiger partial charge in [0.05, 0.1) is 0 Å². The van der Waals surface area contributed by atoms with E-state index in [1.165, 1.54) is 0 Å². The van der Waals surface area contributed by atoms with Crippen molar-refractivity contribution in [1.82, 2.24) is 15.1 Å². The summed E-state index contributed by atoms with van der Waals surface area (Å²) in [6.07, 6.45) is 2.69. The quantitative estimate of drug-likeness (QED) is 0.605. The Labute approximate surface area is 111 Å². The van der Waals surface area contributed by atoms with E-state index >= 15 is 0 Å². The molecule has 0 bridgehead atoms. The van der Waals surface area contributed by atoms with Crippen LogP contribution < -0.4 is 5.32 Å². The van der Waals surface area contributed by atoms with E-state index < -0.39 is 11.5 Å². The molecular weight excluding hydrogens is 230 g/mol. The molecule has 0 saturated carbocycles. The van der Waals surface area contributed by atoms with Crippen molar-refractivity contribution in [3.63, 3.8) is 0 Å². The van der Waals surface area contributed by atoms with E-state index in [0.29, 0.717) is 6.42 Å². The zero-order valence-electron chi connectivity index (χ0n) is 12.5. The normalized spacial score (nSPS) is 15.1. The summed E-state index contributed by atoms with van der Waals surface area (Å²) in [6.45, 7) is 4.83. The maximum atomic E-state index is 11.1. The summed E-state index contributed by atoms with van der Waals surface area (Å²) in [5, 5.41) is 12.0. The first kappa shape index (κ1) is 17.4. The average Bonchev–Trinajstić information content (AvgIpc) is 2.27. The summed E-state index contributed by atoms with van der Waals surface area (Å²) in [7, 11) is 7.94. The molecule has 0 fully saturated rings. The van der Waals surface area contributed by atoms with Gasteiger partial charge in [0.2, 0.25) is 0 Å². The molecule has 2 N–H and O–H groups in total. The molecule has 0 spiro atoms. The largest absolute Gasteiger partial charge is 0.480 e. The van der Waals surface area contributed by atoms with Gasteiger partial charge in [-0.3, -0.25) is 4.79 Å². The van der Waals surface area contributed by atoms with Gasteiger partial charge in [-0.2, -0.15) is 0 Å². The molecule has 0 amide bonds. The van der Waals surface area contributed by atoms with Crippen molar-refractivity contribution in [3.05, 3.63) is 0 Å². The van der Waals surface area contributed by atoms with Crippen LogP contribution in [0.3, 0.4) is 0 Å². The summed E-state index contributed by atoms with van der Waals surface area (Å²) in [5.41, 5.74) is -0.801. The van der Waals surface area contributed by atoms with Gasteiger partial charge < -0.3 is 20.2 Å². The Balaban J connectivity index is 3.79. The second-order valence-electron chi connectivity index (χ2n) is 5.45. The predicted molar refractivity (Wildman–Crippen MR) is 75.0 cm³/mol. The molecular formula is C13H29N3O2. The summed E-state index contributed by atoms with van der Waals surface area (Å²) in [5.74, 6) is -0.778. The highest BCUT2D eigenvalue weighted by Gasteiger charge is 2.30. The van der Waals surface area contributed by atoms with E-state index in [0.717, 1.165) is 32.5 Å². The average molecular weight is 259 g/mol. The van der Waals surface area contributed by atoms with Crippen molar-refractivity contribution >= 4 is 5.97 Å². The molecule has 5 nitrogen and oxygen atoms in total. The smallest absolute Gasteiger partial charge is 0.323 e. The fourth-order valence-corrected chi connectivity index (χ4v) is 1.81. The Hall–Kier alpha value is -0.650. The first-order valence-electron chi connectivity index (χ1n) is 6.57. The van der Waals surface area contributed by atoms with Crippen LogP contribution in [0.5, 0.6) is 0 Å². The van der Waals surface area contributed by atoms with Crippen LogP contribution in [0, 0.1) is 0 Å². The van der Waals surface area contributed by atoms with Crippen LogP contribution in [-0.4, -0.2) is 74.2 Å². The Kier molecular flexibility index (Phi) is 8.15. The number of rotatable bonds is 10. The molecule has 0 saturated heterocycles. The molecule has 0 aliphatic carbocycles. The van der Waals surface area contributed by atoms with Crippen molar-refractivity contribution in [2.75, 3.05) is 47.8 Å². The molecule has 0 radical (unpaired) electrons. The zero-order chi connectivity index (χ0) is 14.2. The van der Waals surface area contributed by atoms with Crippen LogP contribution in [0.25, 0.3) is 0 Å². The molecule has 0 rings (SSSR count). The Morgan fingerprint density at radius 1 is 1.17 bits per heavy atom. The molecule has 1 unspecified atom stereocenters. The van der Waals surface area contributed by atoms with Gasteiger partial charge >= 0.3 is 5.97 Å². The van der Waals surface area contributed by atoms with Gasteiger partial charge in [0.15, 0.2) is 0 Å². The lowest BCUT2D eigenvalue weighted by Crippen LogP contribution is -2.47. The monoisotopic (exact) mass is 259 g/mol. The molecule has 0 aliphatic rings.